The number of hydrogen-bond donors (Lipinski definition) is 3. The van der Waals surface area contributed by atoms with Gasteiger partial charge in [-0.15, -0.1) is 0 Å². The minimum atomic E-state index is -4.08. The third-order valence-corrected chi connectivity index (χ3v) is 3.95. The second-order valence-corrected chi connectivity index (χ2v) is 5.73. The molecule has 1 aromatic heterocycles. The first-order valence-corrected chi connectivity index (χ1v) is 7.10. The maximum absolute atomic E-state index is 11.3. The summed E-state index contributed by atoms with van der Waals surface area (Å²) < 4.78 is 23.3. The van der Waals surface area contributed by atoms with Crippen molar-refractivity contribution in [3.63, 3.8) is 0 Å². The van der Waals surface area contributed by atoms with Crippen LogP contribution in [0.25, 0.3) is 0 Å². The van der Waals surface area contributed by atoms with Crippen LogP contribution in [0, 0.1) is 0 Å². The third kappa shape index (κ3) is 2.40. The van der Waals surface area contributed by atoms with E-state index in [0.717, 1.165) is 19.4 Å². The van der Waals surface area contributed by atoms with Gasteiger partial charge in [0.2, 0.25) is 0 Å². The molecule has 0 aliphatic carbocycles. The Morgan fingerprint density at radius 3 is 2.78 bits per heavy atom. The van der Waals surface area contributed by atoms with E-state index in [9.17, 15) is 13.2 Å². The molecule has 0 saturated carbocycles. The van der Waals surface area contributed by atoms with Gasteiger partial charge in [-0.3, -0.25) is 0 Å². The first-order valence-electron chi connectivity index (χ1n) is 5.60. The minimum absolute atomic E-state index is 0.00727. The zero-order chi connectivity index (χ0) is 13.3. The predicted octanol–water partition coefficient (Wildman–Crippen LogP) is -0.295. The van der Waals surface area contributed by atoms with Crippen LogP contribution in [0.5, 0.6) is 0 Å². The first kappa shape index (κ1) is 13.1. The molecule has 1 aromatic rings. The van der Waals surface area contributed by atoms with Crippen LogP contribution >= 0.6 is 0 Å². The summed E-state index contributed by atoms with van der Waals surface area (Å²) in [5, 5.41) is 17.3. The second-order valence-electron chi connectivity index (χ2n) is 4.31. The number of carboxylic acids is 1. The maximum atomic E-state index is 11.3. The summed E-state index contributed by atoms with van der Waals surface area (Å²) in [6, 6.07) is 1.52. The van der Waals surface area contributed by atoms with E-state index in [2.05, 4.69) is 5.32 Å². The molecule has 0 amide bonds. The Morgan fingerprint density at radius 2 is 2.28 bits per heavy atom. The molecule has 4 N–H and O–H groups in total. The van der Waals surface area contributed by atoms with Crippen molar-refractivity contribution in [2.75, 3.05) is 13.1 Å². The zero-order valence-corrected chi connectivity index (χ0v) is 10.5. The number of nitrogens with one attached hydrogen (secondary N) is 1. The molecule has 1 unspecified atom stereocenters. The summed E-state index contributed by atoms with van der Waals surface area (Å²) in [7, 11) is -4.08. The molecule has 0 radical (unpaired) electrons. The lowest BCUT2D eigenvalue weighted by Crippen LogP contribution is -2.30. The van der Waals surface area contributed by atoms with Crippen LogP contribution < -0.4 is 10.5 Å². The summed E-state index contributed by atoms with van der Waals surface area (Å²) in [4.78, 5) is 11.2. The van der Waals surface area contributed by atoms with Gasteiger partial charge >= 0.3 is 16.2 Å². The quantitative estimate of drug-likeness (QED) is 0.699. The summed E-state index contributed by atoms with van der Waals surface area (Å²) >= 11 is 0. The Hall–Kier alpha value is -1.38. The molecule has 7 nitrogen and oxygen atoms in total. The number of aromatic carboxylic acids is 1. The van der Waals surface area contributed by atoms with Crippen molar-refractivity contribution in [1.29, 1.82) is 0 Å². The zero-order valence-electron chi connectivity index (χ0n) is 9.67. The number of nitrogens with two attached hydrogens (primary N) is 1. The number of carboxylic acid groups (broad SMARTS) is 1. The van der Waals surface area contributed by atoms with Gasteiger partial charge in [0, 0.05) is 12.7 Å². The molecule has 0 aromatic carbocycles. The Morgan fingerprint density at radius 1 is 1.56 bits per heavy atom. The van der Waals surface area contributed by atoms with Gasteiger partial charge < -0.3 is 10.4 Å². The fourth-order valence-corrected chi connectivity index (χ4v) is 2.97. The summed E-state index contributed by atoms with van der Waals surface area (Å²) in [5.41, 5.74) is 0.259. The van der Waals surface area contributed by atoms with Crippen LogP contribution in [0.2, 0.25) is 0 Å². The first-order chi connectivity index (χ1) is 8.41. The highest BCUT2D eigenvalue weighted by Gasteiger charge is 2.27. The number of aromatic nitrogens is 1. The van der Waals surface area contributed by atoms with E-state index in [0.29, 0.717) is 16.1 Å². The highest BCUT2D eigenvalue weighted by atomic mass is 32.2. The van der Waals surface area contributed by atoms with Gasteiger partial charge in [0.05, 0.1) is 0 Å². The van der Waals surface area contributed by atoms with Crippen molar-refractivity contribution < 1.29 is 18.3 Å². The van der Waals surface area contributed by atoms with Crippen molar-refractivity contribution in [3.05, 3.63) is 23.5 Å². The van der Waals surface area contributed by atoms with E-state index >= 15 is 0 Å². The lowest BCUT2D eigenvalue weighted by atomic mass is 9.92. The SMILES string of the molecule is NS(=O)(=O)n1ccc(C2CCCNC2)c1C(=O)O. The highest BCUT2D eigenvalue weighted by molar-refractivity contribution is 7.87. The monoisotopic (exact) mass is 273 g/mol. The van der Waals surface area contributed by atoms with E-state index in [4.69, 9.17) is 10.2 Å². The minimum Gasteiger partial charge on any atom is -0.477 e. The van der Waals surface area contributed by atoms with Crippen molar-refractivity contribution >= 4 is 16.2 Å². The largest absolute Gasteiger partial charge is 0.477 e. The van der Waals surface area contributed by atoms with Gasteiger partial charge in [-0.2, -0.15) is 8.42 Å². The van der Waals surface area contributed by atoms with Gasteiger partial charge in [0.15, 0.2) is 0 Å². The van der Waals surface area contributed by atoms with E-state index in [1.807, 2.05) is 0 Å². The number of piperidine rings is 1. The van der Waals surface area contributed by atoms with Gasteiger partial charge in [-0.05, 0) is 36.9 Å². The topological polar surface area (TPSA) is 114 Å². The van der Waals surface area contributed by atoms with Gasteiger partial charge in [-0.25, -0.2) is 13.9 Å². The van der Waals surface area contributed by atoms with Crippen molar-refractivity contribution in [3.8, 4) is 0 Å². The molecule has 1 aliphatic rings. The Bertz CT molecular complexity index is 558. The van der Waals surface area contributed by atoms with Crippen LogP contribution in [-0.4, -0.2) is 36.6 Å². The molecule has 1 aliphatic heterocycles. The van der Waals surface area contributed by atoms with Crippen molar-refractivity contribution in [1.82, 2.24) is 9.29 Å². The normalized spacial score (nSPS) is 20.8. The van der Waals surface area contributed by atoms with Crippen LogP contribution in [0.15, 0.2) is 12.3 Å². The fraction of sp³-hybridized carbons (Fsp3) is 0.500. The molecular weight excluding hydrogens is 258 g/mol. The number of rotatable bonds is 3. The smallest absolute Gasteiger partial charge is 0.353 e. The standard InChI is InChI=1S/C10H15N3O4S/c11-18(16,17)13-5-3-8(9(13)10(14)15)7-2-1-4-12-6-7/h3,5,7,12H,1-2,4,6H2,(H,14,15)(H2,11,16,17). The molecule has 0 bridgehead atoms. The number of carbonyl (C=O) groups is 1. The van der Waals surface area contributed by atoms with Gasteiger partial charge in [-0.1, -0.05) is 0 Å². The summed E-state index contributed by atoms with van der Waals surface area (Å²) in [5.74, 6) is -1.28. The molecule has 100 valence electrons. The highest BCUT2D eigenvalue weighted by Crippen LogP contribution is 2.27. The predicted molar refractivity (Wildman–Crippen MR) is 64.7 cm³/mol. The van der Waals surface area contributed by atoms with Crippen LogP contribution in [0.3, 0.4) is 0 Å². The lowest BCUT2D eigenvalue weighted by molar-refractivity contribution is 0.0687. The van der Waals surface area contributed by atoms with Gasteiger partial charge in [0.1, 0.15) is 5.69 Å². The average molecular weight is 273 g/mol. The third-order valence-electron chi connectivity index (χ3n) is 3.10. The summed E-state index contributed by atoms with van der Waals surface area (Å²) in [6.45, 7) is 1.55. The van der Waals surface area contributed by atoms with E-state index < -0.39 is 16.2 Å². The second kappa shape index (κ2) is 4.71. The average Bonchev–Trinajstić information content (AvgIpc) is 2.74. The van der Waals surface area contributed by atoms with Crippen LogP contribution in [-0.2, 0) is 10.2 Å². The molecule has 1 atom stereocenters. The van der Waals surface area contributed by atoms with Gasteiger partial charge in [0.25, 0.3) is 0 Å². The number of hydrogen-bond acceptors (Lipinski definition) is 4. The molecule has 8 heteroatoms. The van der Waals surface area contributed by atoms with Crippen LogP contribution in [0.1, 0.15) is 34.8 Å². The molecule has 18 heavy (non-hydrogen) atoms. The molecular formula is C10H15N3O4S. The van der Waals surface area contributed by atoms with E-state index in [-0.39, 0.29) is 11.6 Å². The molecule has 2 rings (SSSR count). The Kier molecular flexibility index (Phi) is 3.42. The van der Waals surface area contributed by atoms with Crippen molar-refractivity contribution in [2.24, 2.45) is 5.14 Å². The molecule has 2 heterocycles. The van der Waals surface area contributed by atoms with E-state index in [1.165, 1.54) is 12.3 Å². The molecule has 1 fully saturated rings. The molecule has 0 spiro atoms. The fourth-order valence-electron chi connectivity index (χ4n) is 2.31. The summed E-state index contributed by atoms with van der Waals surface area (Å²) in [6.07, 6.45) is 2.97. The van der Waals surface area contributed by atoms with E-state index in [1.54, 1.807) is 0 Å². The maximum Gasteiger partial charge on any atom is 0.353 e. The number of nitrogens with zero attached hydrogens (tertiary/aromatic N) is 1. The van der Waals surface area contributed by atoms with Crippen molar-refractivity contribution in [2.45, 2.75) is 18.8 Å². The Labute approximate surface area is 105 Å². The lowest BCUT2D eigenvalue weighted by Gasteiger charge is -2.22. The Balaban J connectivity index is 2.48. The van der Waals surface area contributed by atoms with Crippen LogP contribution in [0.4, 0.5) is 0 Å². The molecule has 1 saturated heterocycles.